The Labute approximate surface area is 196 Å². The lowest BCUT2D eigenvalue weighted by Gasteiger charge is -2.08. The largest absolute Gasteiger partial charge is 0.367 e. The SMILES string of the molecule is CCNC(=O)Nc1ccc2ncc(-c3ccc(NC(=O)COCc4ccccc4)cc3)nc2n1. The molecule has 3 N–H and O–H groups in total. The van der Waals surface area contributed by atoms with Crippen LogP contribution in [0.2, 0.25) is 0 Å². The van der Waals surface area contributed by atoms with E-state index in [4.69, 9.17) is 4.74 Å². The van der Waals surface area contributed by atoms with E-state index >= 15 is 0 Å². The number of urea groups is 1. The molecule has 0 fully saturated rings. The van der Waals surface area contributed by atoms with Crippen LogP contribution in [0.5, 0.6) is 0 Å². The van der Waals surface area contributed by atoms with Crippen LogP contribution in [0, 0.1) is 0 Å². The predicted octanol–water partition coefficient (Wildman–Crippen LogP) is 3.99. The van der Waals surface area contributed by atoms with Gasteiger partial charge in [0.2, 0.25) is 5.91 Å². The van der Waals surface area contributed by atoms with Crippen LogP contribution in [-0.4, -0.2) is 40.0 Å². The number of ether oxygens (including phenoxy) is 1. The van der Waals surface area contributed by atoms with Gasteiger partial charge in [-0.2, -0.15) is 0 Å². The number of hydrogen-bond acceptors (Lipinski definition) is 6. The van der Waals surface area contributed by atoms with Gasteiger partial charge in [0.15, 0.2) is 5.65 Å². The van der Waals surface area contributed by atoms with Gasteiger partial charge in [-0.1, -0.05) is 42.5 Å². The minimum atomic E-state index is -0.332. The second-order valence-corrected chi connectivity index (χ2v) is 7.38. The number of amides is 3. The summed E-state index contributed by atoms with van der Waals surface area (Å²) in [7, 11) is 0. The van der Waals surface area contributed by atoms with E-state index in [9.17, 15) is 9.59 Å². The van der Waals surface area contributed by atoms with Crippen LogP contribution < -0.4 is 16.0 Å². The second-order valence-electron chi connectivity index (χ2n) is 7.38. The van der Waals surface area contributed by atoms with Gasteiger partial charge in [-0.15, -0.1) is 0 Å². The number of benzene rings is 2. The average Bonchev–Trinajstić information content (AvgIpc) is 2.85. The van der Waals surface area contributed by atoms with Gasteiger partial charge in [-0.05, 0) is 36.8 Å². The molecular weight excluding hydrogens is 432 g/mol. The first-order chi connectivity index (χ1) is 16.6. The lowest BCUT2D eigenvalue weighted by Crippen LogP contribution is -2.28. The molecule has 4 rings (SSSR count). The van der Waals surface area contributed by atoms with Gasteiger partial charge in [-0.3, -0.25) is 15.1 Å². The Morgan fingerprint density at radius 1 is 0.912 bits per heavy atom. The van der Waals surface area contributed by atoms with Gasteiger partial charge < -0.3 is 15.4 Å². The van der Waals surface area contributed by atoms with E-state index in [1.807, 2.05) is 49.4 Å². The molecule has 2 aromatic carbocycles. The van der Waals surface area contributed by atoms with Crippen molar-refractivity contribution in [1.82, 2.24) is 20.3 Å². The van der Waals surface area contributed by atoms with Crippen LogP contribution in [0.25, 0.3) is 22.4 Å². The molecule has 0 bridgehead atoms. The van der Waals surface area contributed by atoms with Crippen molar-refractivity contribution in [3.63, 3.8) is 0 Å². The monoisotopic (exact) mass is 456 g/mol. The van der Waals surface area contributed by atoms with Crippen LogP contribution in [0.3, 0.4) is 0 Å². The van der Waals surface area contributed by atoms with Crippen molar-refractivity contribution in [2.24, 2.45) is 0 Å². The summed E-state index contributed by atoms with van der Waals surface area (Å²) in [6.07, 6.45) is 1.66. The Balaban J connectivity index is 1.37. The second kappa shape index (κ2) is 11.0. The Hall–Kier alpha value is -4.37. The van der Waals surface area contributed by atoms with Crippen LogP contribution in [0.15, 0.2) is 72.9 Å². The van der Waals surface area contributed by atoms with Gasteiger partial charge in [0.25, 0.3) is 0 Å². The Morgan fingerprint density at radius 2 is 1.71 bits per heavy atom. The Morgan fingerprint density at radius 3 is 2.47 bits per heavy atom. The molecule has 0 saturated heterocycles. The zero-order valence-electron chi connectivity index (χ0n) is 18.6. The molecule has 172 valence electrons. The molecule has 0 atom stereocenters. The quantitative estimate of drug-likeness (QED) is 0.369. The van der Waals surface area contributed by atoms with Crippen LogP contribution in [-0.2, 0) is 16.1 Å². The van der Waals surface area contributed by atoms with E-state index in [0.717, 1.165) is 11.1 Å². The molecule has 0 spiro atoms. The minimum absolute atomic E-state index is 0.0366. The number of aromatic nitrogens is 3. The molecular formula is C25H24N6O3. The van der Waals surface area contributed by atoms with Gasteiger partial charge in [0.05, 0.1) is 18.5 Å². The van der Waals surface area contributed by atoms with Crippen LogP contribution in [0.1, 0.15) is 12.5 Å². The molecule has 0 aliphatic heterocycles. The molecule has 2 heterocycles. The van der Waals surface area contributed by atoms with E-state index in [0.29, 0.717) is 41.5 Å². The molecule has 9 nitrogen and oxygen atoms in total. The molecule has 0 radical (unpaired) electrons. The van der Waals surface area contributed by atoms with Crippen molar-refractivity contribution in [2.45, 2.75) is 13.5 Å². The molecule has 9 heteroatoms. The first-order valence-corrected chi connectivity index (χ1v) is 10.8. The number of nitrogens with one attached hydrogen (secondary N) is 3. The summed E-state index contributed by atoms with van der Waals surface area (Å²) in [4.78, 5) is 37.2. The highest BCUT2D eigenvalue weighted by atomic mass is 16.5. The third kappa shape index (κ3) is 6.11. The normalized spacial score (nSPS) is 10.6. The summed E-state index contributed by atoms with van der Waals surface area (Å²) in [5, 5.41) is 8.13. The number of pyridine rings is 1. The highest BCUT2D eigenvalue weighted by molar-refractivity contribution is 5.92. The van der Waals surface area contributed by atoms with Gasteiger partial charge >= 0.3 is 6.03 Å². The molecule has 0 saturated carbocycles. The van der Waals surface area contributed by atoms with Gasteiger partial charge in [-0.25, -0.2) is 14.8 Å². The third-order valence-corrected chi connectivity index (χ3v) is 4.79. The molecule has 34 heavy (non-hydrogen) atoms. The van der Waals surface area contributed by atoms with Crippen molar-refractivity contribution in [1.29, 1.82) is 0 Å². The molecule has 3 amide bonds. The number of anilines is 2. The number of carbonyl (C=O) groups is 2. The van der Waals surface area contributed by atoms with Crippen molar-refractivity contribution in [3.05, 3.63) is 78.5 Å². The highest BCUT2D eigenvalue weighted by Gasteiger charge is 2.08. The minimum Gasteiger partial charge on any atom is -0.367 e. The standard InChI is InChI=1S/C25H24N6O3/c1-2-26-25(33)31-22-13-12-20-24(30-22)29-21(14-27-20)18-8-10-19(11-9-18)28-23(32)16-34-15-17-6-4-3-5-7-17/h3-14H,2,15-16H2,1H3,(H,28,32)(H2,26,29,30,31,33). The van der Waals surface area contributed by atoms with E-state index in [-0.39, 0.29) is 18.5 Å². The van der Waals surface area contributed by atoms with E-state index in [1.54, 1.807) is 30.5 Å². The van der Waals surface area contributed by atoms with Gasteiger partial charge in [0, 0.05) is 17.8 Å². The molecule has 0 aliphatic carbocycles. The summed E-state index contributed by atoms with van der Waals surface area (Å²) < 4.78 is 5.47. The average molecular weight is 457 g/mol. The van der Waals surface area contributed by atoms with Crippen molar-refractivity contribution < 1.29 is 14.3 Å². The van der Waals surface area contributed by atoms with E-state index in [2.05, 4.69) is 30.9 Å². The first kappa shape index (κ1) is 22.8. The highest BCUT2D eigenvalue weighted by Crippen LogP contribution is 2.21. The smallest absolute Gasteiger partial charge is 0.320 e. The fraction of sp³-hybridized carbons (Fsp3) is 0.160. The summed E-state index contributed by atoms with van der Waals surface area (Å²) in [6.45, 7) is 2.69. The number of nitrogens with zero attached hydrogens (tertiary/aromatic N) is 3. The zero-order chi connectivity index (χ0) is 23.8. The molecule has 2 aromatic heterocycles. The van der Waals surface area contributed by atoms with Crippen LogP contribution in [0.4, 0.5) is 16.3 Å². The van der Waals surface area contributed by atoms with Crippen molar-refractivity contribution >= 4 is 34.6 Å². The fourth-order valence-corrected chi connectivity index (χ4v) is 3.18. The zero-order valence-corrected chi connectivity index (χ0v) is 18.6. The topological polar surface area (TPSA) is 118 Å². The van der Waals surface area contributed by atoms with Crippen molar-refractivity contribution in [3.8, 4) is 11.3 Å². The lowest BCUT2D eigenvalue weighted by atomic mass is 10.1. The van der Waals surface area contributed by atoms with E-state index in [1.165, 1.54) is 0 Å². The third-order valence-electron chi connectivity index (χ3n) is 4.79. The fourth-order valence-electron chi connectivity index (χ4n) is 3.18. The maximum absolute atomic E-state index is 12.2. The summed E-state index contributed by atoms with van der Waals surface area (Å²) in [5.74, 6) is 0.156. The molecule has 0 aliphatic rings. The summed E-state index contributed by atoms with van der Waals surface area (Å²) >= 11 is 0. The summed E-state index contributed by atoms with van der Waals surface area (Å²) in [6, 6.07) is 20.0. The first-order valence-electron chi connectivity index (χ1n) is 10.8. The molecule has 4 aromatic rings. The Kier molecular flexibility index (Phi) is 7.36. The van der Waals surface area contributed by atoms with Crippen LogP contribution >= 0.6 is 0 Å². The number of hydrogen-bond donors (Lipinski definition) is 3. The lowest BCUT2D eigenvalue weighted by molar-refractivity contribution is -0.121. The number of rotatable bonds is 8. The van der Waals surface area contributed by atoms with Crippen molar-refractivity contribution in [2.75, 3.05) is 23.8 Å². The maximum Gasteiger partial charge on any atom is 0.320 e. The maximum atomic E-state index is 12.2. The van der Waals surface area contributed by atoms with E-state index < -0.39 is 0 Å². The summed E-state index contributed by atoms with van der Waals surface area (Å²) in [5.41, 5.74) is 4.13. The molecule has 0 unspecified atom stereocenters. The number of fused-ring (bicyclic) bond motifs is 1. The number of carbonyl (C=O) groups excluding carboxylic acids is 2. The predicted molar refractivity (Wildman–Crippen MR) is 130 cm³/mol. The van der Waals surface area contributed by atoms with Gasteiger partial charge in [0.1, 0.15) is 17.9 Å². The Bertz CT molecular complexity index is 1280.